The third-order valence-electron chi connectivity index (χ3n) is 3.27. The molecule has 0 radical (unpaired) electrons. The summed E-state index contributed by atoms with van der Waals surface area (Å²) in [6.07, 6.45) is 0. The van der Waals surface area contributed by atoms with E-state index in [9.17, 15) is 26.7 Å². The summed E-state index contributed by atoms with van der Waals surface area (Å²) in [4.78, 5) is 34.8. The van der Waals surface area contributed by atoms with Crippen molar-refractivity contribution in [2.45, 2.75) is 11.3 Å². The van der Waals surface area contributed by atoms with Crippen LogP contribution in [0, 0.1) is 0 Å². The molecule has 0 aliphatic carbocycles. The molecule has 2 aromatic carbocycles. The van der Waals surface area contributed by atoms with Crippen LogP contribution in [-0.4, -0.2) is 19.6 Å². The van der Waals surface area contributed by atoms with Crippen LogP contribution in [0.4, 0.5) is 17.6 Å². The molecule has 0 unspecified atom stereocenters. The van der Waals surface area contributed by atoms with E-state index in [1.165, 1.54) is 0 Å². The fourth-order valence-electron chi connectivity index (χ4n) is 1.96. The Hall–Kier alpha value is -1.32. The molecule has 25 heavy (non-hydrogen) atoms. The summed E-state index contributed by atoms with van der Waals surface area (Å²) in [7, 11) is -11.7. The molecular weight excluding hydrogens is 392 g/mol. The van der Waals surface area contributed by atoms with Gasteiger partial charge in [0, 0.05) is 11.1 Å². The predicted molar refractivity (Wildman–Crippen MR) is 80.8 cm³/mol. The van der Waals surface area contributed by atoms with Gasteiger partial charge >= 0.3 is 26.5 Å². The Morgan fingerprint density at radius 3 is 1.28 bits per heavy atom. The summed E-state index contributed by atoms with van der Waals surface area (Å²) in [6, 6.07) is 4.65. The van der Waals surface area contributed by atoms with E-state index in [0.717, 1.165) is 24.3 Å². The average Bonchev–Trinajstić information content (AvgIpc) is 2.43. The molecule has 0 spiro atoms. The molecule has 0 aliphatic rings. The molecule has 140 valence electrons. The van der Waals surface area contributed by atoms with Gasteiger partial charge in [0.2, 0.25) is 0 Å². The standard InChI is InChI=1S/C12H10F4O6P2.H3N/c13-11(14,23(17,18)19)9-3-1-7-2-4-10(6-8(7)5-9)12(15,16)24(20,21)22;/h1-6H,(H2,17,18,19)(H2,20,21,22);1H3. The highest BCUT2D eigenvalue weighted by molar-refractivity contribution is 7.52. The summed E-state index contributed by atoms with van der Waals surface area (Å²) < 4.78 is 76.5. The van der Waals surface area contributed by atoms with E-state index in [4.69, 9.17) is 19.6 Å². The molecule has 2 aromatic rings. The number of rotatable bonds is 4. The maximum Gasteiger partial charge on any atom is 0.399 e. The highest BCUT2D eigenvalue weighted by Gasteiger charge is 2.51. The van der Waals surface area contributed by atoms with Gasteiger partial charge in [0.25, 0.3) is 0 Å². The van der Waals surface area contributed by atoms with Gasteiger partial charge in [-0.3, -0.25) is 9.13 Å². The van der Waals surface area contributed by atoms with E-state index < -0.39 is 37.6 Å². The molecule has 0 bridgehead atoms. The van der Waals surface area contributed by atoms with E-state index in [0.29, 0.717) is 12.1 Å². The molecule has 7 nitrogen and oxygen atoms in total. The predicted octanol–water partition coefficient (Wildman–Crippen LogP) is 3.46. The third kappa shape index (κ3) is 3.78. The number of fused-ring (bicyclic) bond motifs is 1. The molecule has 13 heteroatoms. The molecular formula is C12H13F4NO6P2. The first-order valence-corrected chi connectivity index (χ1v) is 9.32. The van der Waals surface area contributed by atoms with Gasteiger partial charge in [0.05, 0.1) is 0 Å². The maximum atomic E-state index is 13.7. The molecule has 0 aromatic heterocycles. The number of hydrogen-bond acceptors (Lipinski definition) is 3. The minimum absolute atomic E-state index is 0. The van der Waals surface area contributed by atoms with Crippen molar-refractivity contribution in [3.63, 3.8) is 0 Å². The lowest BCUT2D eigenvalue weighted by atomic mass is 10.0. The Morgan fingerprint density at radius 1 is 0.680 bits per heavy atom. The van der Waals surface area contributed by atoms with Crippen LogP contribution in [0.15, 0.2) is 36.4 Å². The highest BCUT2D eigenvalue weighted by Crippen LogP contribution is 2.60. The molecule has 0 saturated carbocycles. The van der Waals surface area contributed by atoms with Crippen molar-refractivity contribution < 1.29 is 46.3 Å². The van der Waals surface area contributed by atoms with Crippen LogP contribution in [0.5, 0.6) is 0 Å². The summed E-state index contributed by atoms with van der Waals surface area (Å²) in [5.74, 6) is 0. The van der Waals surface area contributed by atoms with Crippen LogP contribution >= 0.6 is 15.2 Å². The lowest BCUT2D eigenvalue weighted by Gasteiger charge is -2.20. The molecule has 0 atom stereocenters. The van der Waals surface area contributed by atoms with E-state index in [-0.39, 0.29) is 16.9 Å². The van der Waals surface area contributed by atoms with Crippen molar-refractivity contribution in [1.82, 2.24) is 6.15 Å². The quantitative estimate of drug-likeness (QED) is 0.386. The normalized spacial score (nSPS) is 13.6. The summed E-state index contributed by atoms with van der Waals surface area (Å²) in [6.45, 7) is 0. The number of halogens is 4. The van der Waals surface area contributed by atoms with Crippen LogP contribution in [0.2, 0.25) is 0 Å². The van der Waals surface area contributed by atoms with Crippen LogP contribution in [0.1, 0.15) is 11.1 Å². The molecule has 0 heterocycles. The Morgan fingerprint density at radius 2 is 1.00 bits per heavy atom. The molecule has 0 saturated heterocycles. The number of hydrogen-bond donors (Lipinski definition) is 5. The SMILES string of the molecule is N.O=P(O)(O)C(F)(F)c1ccc2ccc(C(F)(F)P(=O)(O)O)cc2c1. The first-order chi connectivity index (χ1) is 10.7. The minimum Gasteiger partial charge on any atom is -0.344 e. The first kappa shape index (κ1) is 21.7. The van der Waals surface area contributed by atoms with E-state index in [1.807, 2.05) is 0 Å². The fraction of sp³-hybridized carbons (Fsp3) is 0.167. The van der Waals surface area contributed by atoms with Crippen LogP contribution < -0.4 is 6.15 Å². The van der Waals surface area contributed by atoms with Crippen molar-refractivity contribution in [2.75, 3.05) is 0 Å². The topological polar surface area (TPSA) is 150 Å². The van der Waals surface area contributed by atoms with Crippen LogP contribution in [-0.2, 0) is 20.5 Å². The van der Waals surface area contributed by atoms with Crippen molar-refractivity contribution in [3.8, 4) is 0 Å². The Balaban J connectivity index is 0.00000312. The summed E-state index contributed by atoms with van der Waals surface area (Å²) >= 11 is 0. The van der Waals surface area contributed by atoms with Gasteiger partial charge in [0.15, 0.2) is 0 Å². The molecule has 7 N–H and O–H groups in total. The number of benzene rings is 2. The summed E-state index contributed by atoms with van der Waals surface area (Å²) in [5.41, 5.74) is -11.3. The van der Waals surface area contributed by atoms with E-state index >= 15 is 0 Å². The highest BCUT2D eigenvalue weighted by atomic mass is 31.2. The van der Waals surface area contributed by atoms with Crippen molar-refractivity contribution >= 4 is 26.0 Å². The van der Waals surface area contributed by atoms with Crippen molar-refractivity contribution in [3.05, 3.63) is 47.5 Å². The average molecular weight is 405 g/mol. The summed E-state index contributed by atoms with van der Waals surface area (Å²) in [5, 5.41) is -0.128. The zero-order valence-electron chi connectivity index (χ0n) is 12.2. The zero-order chi connectivity index (χ0) is 18.6. The minimum atomic E-state index is -5.85. The van der Waals surface area contributed by atoms with Crippen molar-refractivity contribution in [2.24, 2.45) is 0 Å². The van der Waals surface area contributed by atoms with Gasteiger partial charge in [-0.05, 0) is 22.9 Å². The van der Waals surface area contributed by atoms with Crippen LogP contribution in [0.25, 0.3) is 10.8 Å². The zero-order valence-corrected chi connectivity index (χ0v) is 14.0. The van der Waals surface area contributed by atoms with Crippen molar-refractivity contribution in [1.29, 1.82) is 0 Å². The van der Waals surface area contributed by atoms with Crippen LogP contribution in [0.3, 0.4) is 0 Å². The molecule has 0 amide bonds. The first-order valence-electron chi connectivity index (χ1n) is 6.09. The number of alkyl halides is 4. The lowest BCUT2D eigenvalue weighted by molar-refractivity contribution is 0.0562. The fourth-order valence-corrected chi connectivity index (χ4v) is 2.91. The molecule has 0 aliphatic heterocycles. The van der Waals surface area contributed by atoms with Gasteiger partial charge in [-0.2, -0.15) is 17.6 Å². The van der Waals surface area contributed by atoms with E-state index in [1.54, 1.807) is 0 Å². The maximum absolute atomic E-state index is 13.7. The largest absolute Gasteiger partial charge is 0.399 e. The van der Waals surface area contributed by atoms with Gasteiger partial charge < -0.3 is 25.7 Å². The van der Waals surface area contributed by atoms with Gasteiger partial charge in [0.1, 0.15) is 0 Å². The Labute approximate surface area is 138 Å². The second-order valence-corrected chi connectivity index (χ2v) is 8.25. The second-order valence-electron chi connectivity index (χ2n) is 4.95. The second kappa shape index (κ2) is 6.44. The monoisotopic (exact) mass is 405 g/mol. The van der Waals surface area contributed by atoms with Gasteiger partial charge in [-0.15, -0.1) is 0 Å². The molecule has 2 rings (SSSR count). The van der Waals surface area contributed by atoms with Gasteiger partial charge in [-0.25, -0.2) is 0 Å². The third-order valence-corrected chi connectivity index (χ3v) is 5.25. The Kier molecular flexibility index (Phi) is 5.60. The van der Waals surface area contributed by atoms with Gasteiger partial charge in [-0.1, -0.05) is 24.3 Å². The lowest BCUT2D eigenvalue weighted by Crippen LogP contribution is -2.14. The van der Waals surface area contributed by atoms with E-state index in [2.05, 4.69) is 0 Å². The Bertz CT molecular complexity index is 826. The smallest absolute Gasteiger partial charge is 0.344 e. The molecule has 0 fully saturated rings.